The van der Waals surface area contributed by atoms with E-state index in [1.807, 2.05) is 0 Å². The first kappa shape index (κ1) is 10.1. The van der Waals surface area contributed by atoms with Crippen molar-refractivity contribution in [3.8, 4) is 0 Å². The second kappa shape index (κ2) is 3.96. The van der Waals surface area contributed by atoms with Crippen LogP contribution in [0.5, 0.6) is 0 Å². The third-order valence-corrected chi connectivity index (χ3v) is 1.80. The van der Waals surface area contributed by atoms with E-state index in [1.54, 1.807) is 6.92 Å². The molecular formula is C7H8N6O3. The van der Waals surface area contributed by atoms with Crippen molar-refractivity contribution in [2.45, 2.75) is 13.5 Å². The summed E-state index contributed by atoms with van der Waals surface area (Å²) in [5, 5.41) is 22.7. The first-order valence-electron chi connectivity index (χ1n) is 4.37. The number of nitrogens with one attached hydrogen (secondary N) is 2. The van der Waals surface area contributed by atoms with Crippen LogP contribution in [-0.4, -0.2) is 25.3 Å². The molecule has 0 radical (unpaired) electrons. The third kappa shape index (κ3) is 1.97. The Balaban J connectivity index is 2.04. The Labute approximate surface area is 89.0 Å². The average molecular weight is 224 g/mol. The van der Waals surface area contributed by atoms with E-state index in [-0.39, 0.29) is 18.1 Å². The minimum atomic E-state index is -0.561. The Kier molecular flexibility index (Phi) is 2.50. The maximum atomic E-state index is 10.5. The van der Waals surface area contributed by atoms with Crippen LogP contribution in [0.4, 0.5) is 11.5 Å². The molecule has 0 saturated heterocycles. The second-order valence-corrected chi connectivity index (χ2v) is 2.98. The highest BCUT2D eigenvalue weighted by molar-refractivity contribution is 5.55. The summed E-state index contributed by atoms with van der Waals surface area (Å²) in [5.41, 5.74) is 0.279. The van der Waals surface area contributed by atoms with E-state index in [0.29, 0.717) is 11.7 Å². The van der Waals surface area contributed by atoms with Gasteiger partial charge >= 0.3 is 5.82 Å². The van der Waals surface area contributed by atoms with E-state index in [2.05, 4.69) is 25.7 Å². The lowest BCUT2D eigenvalue weighted by atomic mass is 10.5. The summed E-state index contributed by atoms with van der Waals surface area (Å²) in [5.74, 6) is 0.669. The summed E-state index contributed by atoms with van der Waals surface area (Å²) in [4.78, 5) is 13.9. The van der Waals surface area contributed by atoms with Crippen LogP contribution in [-0.2, 0) is 6.54 Å². The highest BCUT2D eigenvalue weighted by Crippen LogP contribution is 2.20. The number of H-pyrrole nitrogens is 1. The zero-order valence-corrected chi connectivity index (χ0v) is 8.30. The Morgan fingerprint density at radius 1 is 1.69 bits per heavy atom. The number of nitrogens with zero attached hydrogens (tertiary/aromatic N) is 4. The number of aryl methyl sites for hydroxylation is 1. The Morgan fingerprint density at radius 2 is 2.50 bits per heavy atom. The number of nitro groups is 1. The lowest BCUT2D eigenvalue weighted by Gasteiger charge is -1.98. The molecule has 0 unspecified atom stereocenters. The molecular weight excluding hydrogens is 216 g/mol. The SMILES string of the molecule is Cc1noc(CNc2cn[nH]c2[N+](=O)[O-])n1. The highest BCUT2D eigenvalue weighted by Gasteiger charge is 2.15. The third-order valence-electron chi connectivity index (χ3n) is 1.80. The molecule has 2 heterocycles. The molecule has 0 atom stereocenters. The van der Waals surface area contributed by atoms with Crippen molar-refractivity contribution in [3.63, 3.8) is 0 Å². The molecule has 0 aliphatic carbocycles. The molecule has 9 heteroatoms. The summed E-state index contributed by atoms with van der Waals surface area (Å²) in [6, 6.07) is 0. The smallest absolute Gasteiger partial charge is 0.366 e. The van der Waals surface area contributed by atoms with E-state index in [4.69, 9.17) is 4.52 Å². The molecule has 0 saturated carbocycles. The van der Waals surface area contributed by atoms with Crippen molar-refractivity contribution in [2.75, 3.05) is 5.32 Å². The van der Waals surface area contributed by atoms with Gasteiger partial charge in [-0.15, -0.1) is 5.10 Å². The van der Waals surface area contributed by atoms with Crippen molar-refractivity contribution in [1.29, 1.82) is 0 Å². The topological polar surface area (TPSA) is 123 Å². The summed E-state index contributed by atoms with van der Waals surface area (Å²) >= 11 is 0. The summed E-state index contributed by atoms with van der Waals surface area (Å²) in [6.07, 6.45) is 1.32. The number of rotatable bonds is 4. The van der Waals surface area contributed by atoms with Gasteiger partial charge in [-0.2, -0.15) is 4.98 Å². The van der Waals surface area contributed by atoms with Gasteiger partial charge in [0.15, 0.2) is 11.5 Å². The Morgan fingerprint density at radius 3 is 3.12 bits per heavy atom. The van der Waals surface area contributed by atoms with Gasteiger partial charge < -0.3 is 20.0 Å². The zero-order valence-electron chi connectivity index (χ0n) is 8.30. The van der Waals surface area contributed by atoms with Crippen molar-refractivity contribution in [1.82, 2.24) is 20.3 Å². The summed E-state index contributed by atoms with van der Waals surface area (Å²) in [6.45, 7) is 1.90. The second-order valence-electron chi connectivity index (χ2n) is 2.98. The zero-order chi connectivity index (χ0) is 11.5. The molecule has 0 aromatic carbocycles. The van der Waals surface area contributed by atoms with Crippen molar-refractivity contribution < 1.29 is 9.45 Å². The van der Waals surface area contributed by atoms with Crippen LogP contribution in [0.3, 0.4) is 0 Å². The van der Waals surface area contributed by atoms with Crippen LogP contribution >= 0.6 is 0 Å². The predicted octanol–water partition coefficient (Wildman–Crippen LogP) is 0.621. The number of anilines is 1. The van der Waals surface area contributed by atoms with E-state index >= 15 is 0 Å². The Hall–Kier alpha value is -2.45. The quantitative estimate of drug-likeness (QED) is 0.576. The van der Waals surface area contributed by atoms with Crippen molar-refractivity contribution >= 4 is 11.5 Å². The van der Waals surface area contributed by atoms with Crippen LogP contribution in [0.25, 0.3) is 0 Å². The van der Waals surface area contributed by atoms with Gasteiger partial charge in [-0.25, -0.2) is 0 Å². The molecule has 9 nitrogen and oxygen atoms in total. The van der Waals surface area contributed by atoms with Crippen LogP contribution in [0, 0.1) is 17.0 Å². The van der Waals surface area contributed by atoms with Crippen molar-refractivity contribution in [3.05, 3.63) is 28.0 Å². The molecule has 2 aromatic heterocycles. The lowest BCUT2D eigenvalue weighted by molar-refractivity contribution is -0.388. The molecule has 2 aromatic rings. The summed E-state index contributed by atoms with van der Waals surface area (Å²) < 4.78 is 4.84. The molecule has 0 amide bonds. The molecule has 0 bridgehead atoms. The first-order chi connectivity index (χ1) is 7.66. The fraction of sp³-hybridized carbons (Fsp3) is 0.286. The van der Waals surface area contributed by atoms with Crippen LogP contribution < -0.4 is 5.32 Å². The molecule has 0 aliphatic rings. The monoisotopic (exact) mass is 224 g/mol. The molecule has 84 valence electrons. The fourth-order valence-corrected chi connectivity index (χ4v) is 1.13. The van der Waals surface area contributed by atoms with Crippen LogP contribution in [0.1, 0.15) is 11.7 Å². The van der Waals surface area contributed by atoms with Crippen LogP contribution in [0.15, 0.2) is 10.7 Å². The number of aromatic nitrogens is 4. The molecule has 16 heavy (non-hydrogen) atoms. The molecule has 2 N–H and O–H groups in total. The predicted molar refractivity (Wildman–Crippen MR) is 51.6 cm³/mol. The maximum Gasteiger partial charge on any atom is 0.366 e. The minimum Gasteiger partial charge on any atom is -0.368 e. The van der Waals surface area contributed by atoms with Gasteiger partial charge in [0.25, 0.3) is 0 Å². The van der Waals surface area contributed by atoms with Gasteiger partial charge in [-0.1, -0.05) is 10.3 Å². The largest absolute Gasteiger partial charge is 0.368 e. The summed E-state index contributed by atoms with van der Waals surface area (Å²) in [7, 11) is 0. The van der Waals surface area contributed by atoms with Crippen LogP contribution in [0.2, 0.25) is 0 Å². The van der Waals surface area contributed by atoms with E-state index in [1.165, 1.54) is 6.20 Å². The van der Waals surface area contributed by atoms with Gasteiger partial charge in [0.1, 0.15) is 6.20 Å². The molecule has 2 rings (SSSR count). The van der Waals surface area contributed by atoms with Crippen molar-refractivity contribution in [2.24, 2.45) is 0 Å². The lowest BCUT2D eigenvalue weighted by Crippen LogP contribution is -2.01. The van der Waals surface area contributed by atoms with Gasteiger partial charge in [-0.05, 0) is 11.8 Å². The standard InChI is InChI=1S/C7H8N6O3/c1-4-10-6(16-12-4)3-8-5-2-9-11-7(5)13(14)15/h2,8H,3H2,1H3,(H,9,11). The normalized spacial score (nSPS) is 10.3. The van der Waals surface area contributed by atoms with E-state index < -0.39 is 4.92 Å². The minimum absolute atomic E-state index is 0.198. The highest BCUT2D eigenvalue weighted by atomic mass is 16.6. The Bertz CT molecular complexity index is 504. The average Bonchev–Trinajstić information content (AvgIpc) is 2.83. The van der Waals surface area contributed by atoms with Gasteiger partial charge in [0, 0.05) is 0 Å². The molecule has 0 spiro atoms. The van der Waals surface area contributed by atoms with E-state index in [0.717, 1.165) is 0 Å². The van der Waals surface area contributed by atoms with Gasteiger partial charge in [0.2, 0.25) is 5.89 Å². The van der Waals surface area contributed by atoms with Gasteiger partial charge in [0.05, 0.1) is 6.54 Å². The molecule has 0 fully saturated rings. The number of aromatic amines is 1. The van der Waals surface area contributed by atoms with E-state index in [9.17, 15) is 10.1 Å². The molecule has 0 aliphatic heterocycles. The van der Waals surface area contributed by atoms with Gasteiger partial charge in [-0.3, -0.25) is 0 Å². The number of hydrogen-bond acceptors (Lipinski definition) is 7. The first-order valence-corrected chi connectivity index (χ1v) is 4.37. The fourth-order valence-electron chi connectivity index (χ4n) is 1.13. The number of hydrogen-bond donors (Lipinski definition) is 2. The maximum absolute atomic E-state index is 10.5.